The number of amides is 1. The van der Waals surface area contributed by atoms with Gasteiger partial charge in [-0.1, -0.05) is 6.58 Å². The van der Waals surface area contributed by atoms with Gasteiger partial charge in [-0.3, -0.25) is 9.78 Å². The number of carbonyl (C=O) groups excluding carboxylic acids is 1. The fraction of sp³-hybridized carbons (Fsp3) is 0.333. The van der Waals surface area contributed by atoms with E-state index in [-0.39, 0.29) is 5.91 Å². The molecule has 0 aliphatic heterocycles. The molecule has 3 heteroatoms. The summed E-state index contributed by atoms with van der Waals surface area (Å²) in [5.41, 5.74) is 2.25. The maximum atomic E-state index is 11.0. The normalized spacial score (nSPS) is 14.7. The summed E-state index contributed by atoms with van der Waals surface area (Å²) < 4.78 is 0. The molecule has 1 amide bonds. The Kier molecular flexibility index (Phi) is 2.81. The Morgan fingerprint density at radius 3 is 3.13 bits per heavy atom. The standard InChI is InChI=1S/C12H14N2O/c1-2-12(15)14-8-11-7-10(5-6-13-11)9-3-4-9/h2,5-7,9H,1,3-4,8H2,(H,14,15). The van der Waals surface area contributed by atoms with Crippen LogP contribution in [0.2, 0.25) is 0 Å². The van der Waals surface area contributed by atoms with Gasteiger partial charge in [0.1, 0.15) is 0 Å². The van der Waals surface area contributed by atoms with Gasteiger partial charge in [-0.25, -0.2) is 0 Å². The molecule has 0 radical (unpaired) electrons. The van der Waals surface area contributed by atoms with Gasteiger partial charge in [-0.15, -0.1) is 0 Å². The third-order valence-electron chi connectivity index (χ3n) is 2.52. The zero-order chi connectivity index (χ0) is 10.7. The molecule has 1 N–H and O–H groups in total. The highest BCUT2D eigenvalue weighted by atomic mass is 16.1. The molecule has 3 nitrogen and oxygen atoms in total. The quantitative estimate of drug-likeness (QED) is 0.756. The van der Waals surface area contributed by atoms with Crippen molar-refractivity contribution in [3.63, 3.8) is 0 Å². The van der Waals surface area contributed by atoms with Gasteiger partial charge in [-0.2, -0.15) is 0 Å². The van der Waals surface area contributed by atoms with Gasteiger partial charge in [0.25, 0.3) is 0 Å². The molecule has 1 fully saturated rings. The van der Waals surface area contributed by atoms with Crippen molar-refractivity contribution < 1.29 is 4.79 Å². The second-order valence-corrected chi connectivity index (χ2v) is 3.78. The summed E-state index contributed by atoms with van der Waals surface area (Å²) in [6.07, 6.45) is 5.64. The monoisotopic (exact) mass is 202 g/mol. The van der Waals surface area contributed by atoms with Gasteiger partial charge < -0.3 is 5.32 Å². The molecule has 0 bridgehead atoms. The summed E-state index contributed by atoms with van der Waals surface area (Å²) >= 11 is 0. The number of rotatable bonds is 4. The van der Waals surface area contributed by atoms with Crippen LogP contribution in [0.25, 0.3) is 0 Å². The van der Waals surface area contributed by atoms with E-state index >= 15 is 0 Å². The van der Waals surface area contributed by atoms with Gasteiger partial charge in [0.15, 0.2) is 0 Å². The molecule has 0 unspecified atom stereocenters. The van der Waals surface area contributed by atoms with Crippen LogP contribution in [0.4, 0.5) is 0 Å². The number of hydrogen-bond acceptors (Lipinski definition) is 2. The summed E-state index contributed by atoms with van der Waals surface area (Å²) in [5, 5.41) is 2.72. The maximum Gasteiger partial charge on any atom is 0.243 e. The Hall–Kier alpha value is -1.64. The fourth-order valence-electron chi connectivity index (χ4n) is 1.51. The number of aromatic nitrogens is 1. The van der Waals surface area contributed by atoms with E-state index in [1.165, 1.54) is 24.5 Å². The summed E-state index contributed by atoms with van der Waals surface area (Å²) in [4.78, 5) is 15.2. The SMILES string of the molecule is C=CC(=O)NCc1cc(C2CC2)ccn1. The van der Waals surface area contributed by atoms with E-state index in [1.807, 2.05) is 6.20 Å². The van der Waals surface area contributed by atoms with Crippen molar-refractivity contribution in [3.05, 3.63) is 42.2 Å². The minimum Gasteiger partial charge on any atom is -0.347 e. The first-order chi connectivity index (χ1) is 7.29. The highest BCUT2D eigenvalue weighted by molar-refractivity contribution is 5.86. The molecule has 0 spiro atoms. The van der Waals surface area contributed by atoms with Crippen LogP contribution >= 0.6 is 0 Å². The molecule has 2 rings (SSSR count). The van der Waals surface area contributed by atoms with Crippen molar-refractivity contribution in [2.24, 2.45) is 0 Å². The number of hydrogen-bond donors (Lipinski definition) is 1. The van der Waals surface area contributed by atoms with Crippen LogP contribution in [0.3, 0.4) is 0 Å². The molecule has 1 aliphatic rings. The Morgan fingerprint density at radius 1 is 1.67 bits per heavy atom. The zero-order valence-corrected chi connectivity index (χ0v) is 8.57. The lowest BCUT2D eigenvalue weighted by atomic mass is 10.1. The molecular formula is C12H14N2O. The lowest BCUT2D eigenvalue weighted by Crippen LogP contribution is -2.20. The number of carbonyl (C=O) groups is 1. The number of nitrogens with zero attached hydrogens (tertiary/aromatic N) is 1. The van der Waals surface area contributed by atoms with Crippen LogP contribution in [0.15, 0.2) is 31.0 Å². The molecule has 1 saturated carbocycles. The van der Waals surface area contributed by atoms with Gasteiger partial charge in [-0.05, 0) is 42.5 Å². The molecule has 0 aromatic carbocycles. The predicted octanol–water partition coefficient (Wildman–Crippen LogP) is 1.76. The second-order valence-electron chi connectivity index (χ2n) is 3.78. The molecule has 1 aromatic heterocycles. The Morgan fingerprint density at radius 2 is 2.47 bits per heavy atom. The smallest absolute Gasteiger partial charge is 0.243 e. The van der Waals surface area contributed by atoms with Crippen molar-refractivity contribution in [1.29, 1.82) is 0 Å². The Balaban J connectivity index is 1.98. The van der Waals surface area contributed by atoms with E-state index in [4.69, 9.17) is 0 Å². The van der Waals surface area contributed by atoms with Crippen LogP contribution in [0.5, 0.6) is 0 Å². The van der Waals surface area contributed by atoms with E-state index < -0.39 is 0 Å². The third kappa shape index (κ3) is 2.65. The van der Waals surface area contributed by atoms with Gasteiger partial charge in [0.2, 0.25) is 5.91 Å². The lowest BCUT2D eigenvalue weighted by molar-refractivity contribution is -0.116. The minimum atomic E-state index is -0.159. The maximum absolute atomic E-state index is 11.0. The van der Waals surface area contributed by atoms with Crippen LogP contribution < -0.4 is 5.32 Å². The summed E-state index contributed by atoms with van der Waals surface area (Å²) in [6, 6.07) is 4.12. The van der Waals surface area contributed by atoms with Crippen LogP contribution in [-0.4, -0.2) is 10.9 Å². The summed E-state index contributed by atoms with van der Waals surface area (Å²) in [6.45, 7) is 3.87. The summed E-state index contributed by atoms with van der Waals surface area (Å²) in [5.74, 6) is 0.565. The Bertz CT molecular complexity index is 383. The second kappa shape index (κ2) is 4.26. The fourth-order valence-corrected chi connectivity index (χ4v) is 1.51. The van der Waals surface area contributed by atoms with Crippen LogP contribution in [0.1, 0.15) is 30.0 Å². The van der Waals surface area contributed by atoms with Crippen molar-refractivity contribution >= 4 is 5.91 Å². The Labute approximate surface area is 89.2 Å². The average molecular weight is 202 g/mol. The first kappa shape index (κ1) is 9.90. The van der Waals surface area contributed by atoms with Crippen molar-refractivity contribution in [2.45, 2.75) is 25.3 Å². The molecule has 78 valence electrons. The van der Waals surface area contributed by atoms with Gasteiger partial charge >= 0.3 is 0 Å². The highest BCUT2D eigenvalue weighted by Crippen LogP contribution is 2.39. The van der Waals surface area contributed by atoms with E-state index in [0.717, 1.165) is 11.6 Å². The van der Waals surface area contributed by atoms with E-state index in [9.17, 15) is 4.79 Å². The van der Waals surface area contributed by atoms with Crippen molar-refractivity contribution in [1.82, 2.24) is 10.3 Å². The molecule has 0 atom stereocenters. The zero-order valence-electron chi connectivity index (χ0n) is 8.57. The largest absolute Gasteiger partial charge is 0.347 e. The third-order valence-corrected chi connectivity index (χ3v) is 2.52. The van der Waals surface area contributed by atoms with Crippen LogP contribution in [-0.2, 0) is 11.3 Å². The van der Waals surface area contributed by atoms with E-state index in [2.05, 4.69) is 29.0 Å². The molecular weight excluding hydrogens is 188 g/mol. The first-order valence-electron chi connectivity index (χ1n) is 5.14. The predicted molar refractivity (Wildman–Crippen MR) is 58.3 cm³/mol. The van der Waals surface area contributed by atoms with Crippen molar-refractivity contribution in [3.8, 4) is 0 Å². The minimum absolute atomic E-state index is 0.159. The lowest BCUT2D eigenvalue weighted by Gasteiger charge is -2.03. The topological polar surface area (TPSA) is 42.0 Å². The first-order valence-corrected chi connectivity index (χ1v) is 5.14. The van der Waals surface area contributed by atoms with E-state index in [1.54, 1.807) is 0 Å². The van der Waals surface area contributed by atoms with E-state index in [0.29, 0.717) is 6.54 Å². The molecule has 1 aliphatic carbocycles. The van der Waals surface area contributed by atoms with Gasteiger partial charge in [0.05, 0.1) is 12.2 Å². The molecule has 15 heavy (non-hydrogen) atoms. The molecule has 0 saturated heterocycles. The molecule has 1 heterocycles. The van der Waals surface area contributed by atoms with Crippen molar-refractivity contribution in [2.75, 3.05) is 0 Å². The summed E-state index contributed by atoms with van der Waals surface area (Å²) in [7, 11) is 0. The van der Waals surface area contributed by atoms with Crippen LogP contribution in [0, 0.1) is 0 Å². The number of nitrogens with one attached hydrogen (secondary N) is 1. The number of pyridine rings is 1. The molecule has 1 aromatic rings. The highest BCUT2D eigenvalue weighted by Gasteiger charge is 2.23. The van der Waals surface area contributed by atoms with Gasteiger partial charge in [0, 0.05) is 6.20 Å². The average Bonchev–Trinajstić information content (AvgIpc) is 3.10.